The summed E-state index contributed by atoms with van der Waals surface area (Å²) in [5, 5.41) is 87.0. The van der Waals surface area contributed by atoms with Gasteiger partial charge in [0.1, 0.15) is 48.8 Å². The molecule has 0 spiro atoms. The number of carbonyl (C=O) groups is 1. The molecule has 1 amide bonds. The van der Waals surface area contributed by atoms with Gasteiger partial charge in [0.25, 0.3) is 0 Å². The number of hydrogen-bond acceptors (Lipinski definition) is 13. The highest BCUT2D eigenvalue weighted by atomic mass is 16.7. The van der Waals surface area contributed by atoms with Gasteiger partial charge in [0, 0.05) is 6.42 Å². The maximum atomic E-state index is 13.2. The molecule has 0 bridgehead atoms. The number of rotatable bonds is 47. The molecule has 2 heterocycles. The lowest BCUT2D eigenvalue weighted by molar-refractivity contribution is -0.359. The molecule has 0 aliphatic carbocycles. The second-order valence-corrected chi connectivity index (χ2v) is 21.1. The van der Waals surface area contributed by atoms with Crippen LogP contribution in [0.4, 0.5) is 0 Å². The zero-order valence-corrected chi connectivity index (χ0v) is 45.9. The fourth-order valence-corrected chi connectivity index (χ4v) is 9.71. The van der Waals surface area contributed by atoms with Crippen LogP contribution in [0.5, 0.6) is 0 Å². The molecule has 2 saturated heterocycles. The van der Waals surface area contributed by atoms with E-state index in [9.17, 15) is 45.6 Å². The van der Waals surface area contributed by atoms with E-state index in [-0.39, 0.29) is 18.9 Å². The molecule has 0 aromatic heterocycles. The molecule has 0 aromatic rings. The molecule has 2 aliphatic rings. The van der Waals surface area contributed by atoms with Gasteiger partial charge in [0.15, 0.2) is 12.6 Å². The zero-order valence-electron chi connectivity index (χ0n) is 45.9. The summed E-state index contributed by atoms with van der Waals surface area (Å²) in [6.07, 6.45) is 37.6. The van der Waals surface area contributed by atoms with Gasteiger partial charge in [-0.3, -0.25) is 4.79 Å². The molecule has 9 N–H and O–H groups in total. The van der Waals surface area contributed by atoms with Crippen LogP contribution in [0.3, 0.4) is 0 Å². The fraction of sp³-hybridized carbons (Fsp3) is 0.881. The summed E-state index contributed by atoms with van der Waals surface area (Å²) in [5.74, 6) is -0.257. The molecule has 428 valence electrons. The molecular weight excluding hydrogens is 931 g/mol. The zero-order chi connectivity index (χ0) is 53.2. The molecular formula is C59H109NO13. The van der Waals surface area contributed by atoms with E-state index >= 15 is 0 Å². The van der Waals surface area contributed by atoms with Gasteiger partial charge in [-0.2, -0.15) is 0 Å². The normalized spacial score (nSPS) is 25.6. The Balaban J connectivity index is 1.78. The average Bonchev–Trinajstić information content (AvgIpc) is 3.39. The van der Waals surface area contributed by atoms with E-state index in [1.165, 1.54) is 154 Å². The van der Waals surface area contributed by atoms with Crippen LogP contribution in [0.1, 0.15) is 239 Å². The maximum Gasteiger partial charge on any atom is 0.220 e. The Kier molecular flexibility index (Phi) is 41.7. The molecule has 14 nitrogen and oxygen atoms in total. The molecule has 2 aliphatic heterocycles. The molecule has 2 fully saturated rings. The lowest BCUT2D eigenvalue weighted by Crippen LogP contribution is -2.65. The monoisotopic (exact) mass is 1040 g/mol. The largest absolute Gasteiger partial charge is 0.394 e. The van der Waals surface area contributed by atoms with Gasteiger partial charge < -0.3 is 65.1 Å². The van der Waals surface area contributed by atoms with E-state index in [0.29, 0.717) is 12.8 Å². The van der Waals surface area contributed by atoms with E-state index in [4.69, 9.17) is 18.9 Å². The maximum absolute atomic E-state index is 13.2. The lowest BCUT2D eigenvalue weighted by Gasteiger charge is -2.46. The number of aliphatic hydroxyl groups is 8. The molecule has 14 heteroatoms. The van der Waals surface area contributed by atoms with Crippen molar-refractivity contribution in [3.05, 3.63) is 36.5 Å². The summed E-state index contributed by atoms with van der Waals surface area (Å²) >= 11 is 0. The third-order valence-electron chi connectivity index (χ3n) is 14.5. The van der Waals surface area contributed by atoms with Crippen molar-refractivity contribution in [2.45, 2.75) is 312 Å². The first kappa shape index (κ1) is 67.3. The Morgan fingerprint density at radius 3 is 1.34 bits per heavy atom. The first-order chi connectivity index (χ1) is 35.6. The highest BCUT2D eigenvalue weighted by Crippen LogP contribution is 2.30. The van der Waals surface area contributed by atoms with Crippen molar-refractivity contribution in [1.82, 2.24) is 5.32 Å². The lowest BCUT2D eigenvalue weighted by atomic mass is 9.97. The number of unbranched alkanes of at least 4 members (excludes halogenated alkanes) is 30. The second-order valence-electron chi connectivity index (χ2n) is 21.1. The van der Waals surface area contributed by atoms with Crippen molar-refractivity contribution in [3.63, 3.8) is 0 Å². The minimum atomic E-state index is -1.79. The van der Waals surface area contributed by atoms with Crippen molar-refractivity contribution < 1.29 is 64.6 Å². The van der Waals surface area contributed by atoms with Crippen LogP contribution in [0.15, 0.2) is 36.5 Å². The average molecular weight is 1040 g/mol. The van der Waals surface area contributed by atoms with E-state index in [0.717, 1.165) is 51.4 Å². The SMILES string of the molecule is CCCCCCCC/C=C\CCCCCCCC(=O)NC(COC1OC(CO)C(OC2OC(CO)C(O)C(O)C2O)C(O)C1O)C(O)/C=C/CC/C=C/CCCCCCCCCCCCCCCCCCCC. The van der Waals surface area contributed by atoms with Crippen molar-refractivity contribution in [2.75, 3.05) is 19.8 Å². The van der Waals surface area contributed by atoms with Crippen molar-refractivity contribution in [2.24, 2.45) is 0 Å². The Morgan fingerprint density at radius 2 is 0.877 bits per heavy atom. The molecule has 12 atom stereocenters. The summed E-state index contributed by atoms with van der Waals surface area (Å²) in [6.45, 7) is 2.78. The number of nitrogens with one attached hydrogen (secondary N) is 1. The minimum Gasteiger partial charge on any atom is -0.394 e. The summed E-state index contributed by atoms with van der Waals surface area (Å²) < 4.78 is 22.7. The van der Waals surface area contributed by atoms with Gasteiger partial charge >= 0.3 is 0 Å². The molecule has 73 heavy (non-hydrogen) atoms. The van der Waals surface area contributed by atoms with Crippen LogP contribution >= 0.6 is 0 Å². The number of amides is 1. The van der Waals surface area contributed by atoms with Gasteiger partial charge in [0.05, 0.1) is 32.0 Å². The van der Waals surface area contributed by atoms with Crippen LogP contribution in [-0.4, -0.2) is 140 Å². The van der Waals surface area contributed by atoms with Crippen molar-refractivity contribution in [1.29, 1.82) is 0 Å². The highest BCUT2D eigenvalue weighted by molar-refractivity contribution is 5.76. The predicted octanol–water partition coefficient (Wildman–Crippen LogP) is 9.83. The Labute approximate surface area is 442 Å². The van der Waals surface area contributed by atoms with Crippen LogP contribution in [0.25, 0.3) is 0 Å². The Morgan fingerprint density at radius 1 is 0.479 bits per heavy atom. The second kappa shape index (κ2) is 45.3. The number of ether oxygens (including phenoxy) is 4. The first-order valence-corrected chi connectivity index (χ1v) is 29.7. The number of allylic oxidation sites excluding steroid dienone is 5. The quantitative estimate of drug-likeness (QED) is 0.0205. The van der Waals surface area contributed by atoms with E-state index in [1.54, 1.807) is 6.08 Å². The molecule has 12 unspecified atom stereocenters. The smallest absolute Gasteiger partial charge is 0.220 e. The van der Waals surface area contributed by atoms with Crippen LogP contribution in [-0.2, 0) is 23.7 Å². The van der Waals surface area contributed by atoms with E-state index < -0.39 is 86.8 Å². The summed E-state index contributed by atoms with van der Waals surface area (Å²) in [5.41, 5.74) is 0. The van der Waals surface area contributed by atoms with Crippen LogP contribution in [0, 0.1) is 0 Å². The third-order valence-corrected chi connectivity index (χ3v) is 14.5. The number of aliphatic hydroxyl groups excluding tert-OH is 8. The first-order valence-electron chi connectivity index (χ1n) is 29.7. The van der Waals surface area contributed by atoms with Gasteiger partial charge in [-0.15, -0.1) is 0 Å². The van der Waals surface area contributed by atoms with Crippen molar-refractivity contribution in [3.8, 4) is 0 Å². The summed E-state index contributed by atoms with van der Waals surface area (Å²) in [7, 11) is 0. The molecule has 0 saturated carbocycles. The van der Waals surface area contributed by atoms with Gasteiger partial charge in [0.2, 0.25) is 5.91 Å². The Bertz CT molecular complexity index is 1370. The summed E-state index contributed by atoms with van der Waals surface area (Å²) in [6, 6.07) is -0.935. The molecule has 2 rings (SSSR count). The fourth-order valence-electron chi connectivity index (χ4n) is 9.71. The third kappa shape index (κ3) is 31.3. The number of carbonyl (C=O) groups excluding carboxylic acids is 1. The van der Waals surface area contributed by atoms with Gasteiger partial charge in [-0.05, 0) is 57.8 Å². The minimum absolute atomic E-state index is 0.257. The van der Waals surface area contributed by atoms with Crippen LogP contribution < -0.4 is 5.32 Å². The molecule has 0 aromatic carbocycles. The standard InChI is InChI=1S/C59H109NO13/c1-3-5-7-9-11-13-15-17-19-20-21-22-23-24-25-26-27-29-30-32-34-36-38-40-42-48(63)47(60-51(64)43-41-39-37-35-33-31-28-18-16-14-12-10-8-6-4-2)46-70-58-56(69)54(67)57(50(45-62)72-58)73-59-55(68)53(66)52(65)49(44-61)71-59/h18,28,32,34,40,42,47-50,52-59,61-63,65-69H,3-17,19-27,29-31,33,35-39,41,43-46H2,1-2H3,(H,60,64)/b28-18-,34-32+,42-40+. The van der Waals surface area contributed by atoms with Gasteiger partial charge in [-0.1, -0.05) is 211 Å². The highest BCUT2D eigenvalue weighted by Gasteiger charge is 2.51. The topological polar surface area (TPSA) is 228 Å². The van der Waals surface area contributed by atoms with Crippen molar-refractivity contribution >= 4 is 5.91 Å². The molecule has 0 radical (unpaired) electrons. The van der Waals surface area contributed by atoms with E-state index in [2.05, 4.69) is 43.5 Å². The Hall–Kier alpha value is -1.79. The van der Waals surface area contributed by atoms with Crippen LogP contribution in [0.2, 0.25) is 0 Å². The summed E-state index contributed by atoms with van der Waals surface area (Å²) in [4.78, 5) is 13.2. The number of hydrogen-bond donors (Lipinski definition) is 9. The van der Waals surface area contributed by atoms with Gasteiger partial charge in [-0.25, -0.2) is 0 Å². The van der Waals surface area contributed by atoms with E-state index in [1.807, 2.05) is 6.08 Å². The predicted molar refractivity (Wildman–Crippen MR) is 291 cm³/mol.